The zero-order chi connectivity index (χ0) is 14.0. The summed E-state index contributed by atoms with van der Waals surface area (Å²) in [6, 6.07) is 2.47. The predicted octanol–water partition coefficient (Wildman–Crippen LogP) is 1.38. The molecule has 1 N–H and O–H groups in total. The van der Waals surface area contributed by atoms with Crippen LogP contribution in [-0.4, -0.2) is 31.7 Å². The predicted molar refractivity (Wildman–Crippen MR) is 56.6 cm³/mol. The third kappa shape index (κ3) is 4.32. The Morgan fingerprint density at radius 3 is 2.56 bits per heavy atom. The standard InChI is InChI=1S/C9H9F3N2O3S/c1-18(16,17)8-6(3-2-4-13-8)14-7(15)5-9(10,11)12/h2-4H,5H2,1H3,(H,14,15). The van der Waals surface area contributed by atoms with Gasteiger partial charge < -0.3 is 5.32 Å². The molecule has 0 saturated carbocycles. The molecule has 0 fully saturated rings. The van der Waals surface area contributed by atoms with E-state index in [4.69, 9.17) is 0 Å². The molecule has 0 radical (unpaired) electrons. The summed E-state index contributed by atoms with van der Waals surface area (Å²) in [6.45, 7) is 0. The van der Waals surface area contributed by atoms with Gasteiger partial charge in [0.25, 0.3) is 0 Å². The zero-order valence-corrected chi connectivity index (χ0v) is 9.97. The van der Waals surface area contributed by atoms with Crippen molar-refractivity contribution in [3.63, 3.8) is 0 Å². The fourth-order valence-electron chi connectivity index (χ4n) is 1.16. The highest BCUT2D eigenvalue weighted by Crippen LogP contribution is 2.22. The van der Waals surface area contributed by atoms with Crippen LogP contribution in [0.1, 0.15) is 6.42 Å². The molecule has 1 amide bonds. The molecule has 1 aromatic heterocycles. The van der Waals surface area contributed by atoms with Crippen LogP contribution in [0.5, 0.6) is 0 Å². The van der Waals surface area contributed by atoms with Crippen LogP contribution in [0.3, 0.4) is 0 Å². The summed E-state index contributed by atoms with van der Waals surface area (Å²) in [5.41, 5.74) is -0.269. The quantitative estimate of drug-likeness (QED) is 0.908. The van der Waals surface area contributed by atoms with E-state index in [1.165, 1.54) is 6.07 Å². The Balaban J connectivity index is 2.96. The van der Waals surface area contributed by atoms with E-state index in [1.807, 2.05) is 5.32 Å². The summed E-state index contributed by atoms with van der Waals surface area (Å²) >= 11 is 0. The van der Waals surface area contributed by atoms with Gasteiger partial charge in [0.2, 0.25) is 5.91 Å². The van der Waals surface area contributed by atoms with Crippen molar-refractivity contribution in [3.8, 4) is 0 Å². The van der Waals surface area contributed by atoms with Crippen LogP contribution in [-0.2, 0) is 14.6 Å². The summed E-state index contributed by atoms with van der Waals surface area (Å²) in [4.78, 5) is 14.6. The van der Waals surface area contributed by atoms with Gasteiger partial charge in [-0.05, 0) is 12.1 Å². The normalized spacial score (nSPS) is 12.2. The van der Waals surface area contributed by atoms with Crippen molar-refractivity contribution in [2.24, 2.45) is 0 Å². The molecule has 0 bridgehead atoms. The lowest BCUT2D eigenvalue weighted by molar-refractivity contribution is -0.150. The molecule has 100 valence electrons. The highest BCUT2D eigenvalue weighted by molar-refractivity contribution is 7.90. The number of amides is 1. The molecule has 0 aliphatic carbocycles. The van der Waals surface area contributed by atoms with Crippen LogP contribution in [0.25, 0.3) is 0 Å². The van der Waals surface area contributed by atoms with E-state index in [9.17, 15) is 26.4 Å². The van der Waals surface area contributed by atoms with Crippen LogP contribution in [0.2, 0.25) is 0 Å². The van der Waals surface area contributed by atoms with E-state index < -0.39 is 33.4 Å². The van der Waals surface area contributed by atoms with Gasteiger partial charge in [-0.25, -0.2) is 13.4 Å². The Bertz CT molecular complexity index is 554. The molecule has 1 aromatic rings. The Kier molecular flexibility index (Phi) is 3.95. The number of halogens is 3. The van der Waals surface area contributed by atoms with Crippen LogP contribution in [0, 0.1) is 0 Å². The van der Waals surface area contributed by atoms with Crippen LogP contribution in [0.4, 0.5) is 18.9 Å². The van der Waals surface area contributed by atoms with Crippen molar-refractivity contribution in [2.75, 3.05) is 11.6 Å². The van der Waals surface area contributed by atoms with Crippen molar-refractivity contribution in [2.45, 2.75) is 17.6 Å². The molecule has 0 spiro atoms. The number of aromatic nitrogens is 1. The first-order valence-electron chi connectivity index (χ1n) is 4.61. The van der Waals surface area contributed by atoms with Crippen LogP contribution in [0.15, 0.2) is 23.4 Å². The topological polar surface area (TPSA) is 76.1 Å². The number of pyridine rings is 1. The van der Waals surface area contributed by atoms with E-state index in [0.717, 1.165) is 18.5 Å². The Morgan fingerprint density at radius 1 is 1.44 bits per heavy atom. The monoisotopic (exact) mass is 282 g/mol. The van der Waals surface area contributed by atoms with Gasteiger partial charge in [-0.15, -0.1) is 0 Å². The number of nitrogens with zero attached hydrogens (tertiary/aromatic N) is 1. The number of carbonyl (C=O) groups excluding carboxylic acids is 1. The molecule has 0 atom stereocenters. The molecule has 18 heavy (non-hydrogen) atoms. The summed E-state index contributed by atoms with van der Waals surface area (Å²) in [5, 5.41) is 1.40. The van der Waals surface area contributed by atoms with Gasteiger partial charge in [0, 0.05) is 12.5 Å². The molecule has 0 saturated heterocycles. The SMILES string of the molecule is CS(=O)(=O)c1ncccc1NC(=O)CC(F)(F)F. The van der Waals surface area contributed by atoms with Crippen LogP contribution >= 0.6 is 0 Å². The first kappa shape index (κ1) is 14.4. The van der Waals surface area contributed by atoms with Gasteiger partial charge in [-0.1, -0.05) is 0 Å². The highest BCUT2D eigenvalue weighted by Gasteiger charge is 2.31. The lowest BCUT2D eigenvalue weighted by Crippen LogP contribution is -2.22. The second-order valence-corrected chi connectivity index (χ2v) is 5.40. The minimum atomic E-state index is -4.66. The van der Waals surface area contributed by atoms with Crippen molar-refractivity contribution >= 4 is 21.4 Å². The Morgan fingerprint density at radius 2 is 2.06 bits per heavy atom. The maximum Gasteiger partial charge on any atom is 0.397 e. The number of sulfone groups is 1. The molecular weight excluding hydrogens is 273 g/mol. The van der Waals surface area contributed by atoms with E-state index in [2.05, 4.69) is 4.98 Å². The Labute approximate surface area is 101 Å². The summed E-state index contributed by atoms with van der Waals surface area (Å²) in [6.07, 6.45) is -4.34. The van der Waals surface area contributed by atoms with Gasteiger partial charge in [0.05, 0.1) is 5.69 Å². The molecule has 0 aromatic carbocycles. The number of carbonyl (C=O) groups is 1. The average molecular weight is 282 g/mol. The molecule has 5 nitrogen and oxygen atoms in total. The van der Waals surface area contributed by atoms with Gasteiger partial charge in [-0.3, -0.25) is 4.79 Å². The third-order valence-electron chi connectivity index (χ3n) is 1.76. The molecule has 0 aliphatic rings. The summed E-state index contributed by atoms with van der Waals surface area (Å²) in [5.74, 6) is -1.35. The highest BCUT2D eigenvalue weighted by atomic mass is 32.2. The number of hydrogen-bond acceptors (Lipinski definition) is 4. The van der Waals surface area contributed by atoms with Gasteiger partial charge >= 0.3 is 6.18 Å². The smallest absolute Gasteiger partial charge is 0.323 e. The largest absolute Gasteiger partial charge is 0.397 e. The van der Waals surface area contributed by atoms with Crippen molar-refractivity contribution in [3.05, 3.63) is 18.3 Å². The number of alkyl halides is 3. The second-order valence-electron chi connectivity index (χ2n) is 3.47. The van der Waals surface area contributed by atoms with E-state index >= 15 is 0 Å². The first-order chi connectivity index (χ1) is 8.09. The van der Waals surface area contributed by atoms with Gasteiger partial charge in [0.15, 0.2) is 14.9 Å². The van der Waals surface area contributed by atoms with Crippen LogP contribution < -0.4 is 5.32 Å². The molecule has 0 aliphatic heterocycles. The third-order valence-corrected chi connectivity index (χ3v) is 2.79. The van der Waals surface area contributed by atoms with Crippen molar-refractivity contribution < 1.29 is 26.4 Å². The number of rotatable bonds is 3. The Hall–Kier alpha value is -1.64. The summed E-state index contributed by atoms with van der Waals surface area (Å²) in [7, 11) is -3.73. The van der Waals surface area contributed by atoms with Gasteiger partial charge in [0.1, 0.15) is 6.42 Å². The molecule has 9 heteroatoms. The first-order valence-corrected chi connectivity index (χ1v) is 6.50. The minimum Gasteiger partial charge on any atom is -0.323 e. The number of hydrogen-bond donors (Lipinski definition) is 1. The van der Waals surface area contributed by atoms with Crippen molar-refractivity contribution in [1.29, 1.82) is 0 Å². The van der Waals surface area contributed by atoms with Crippen molar-refractivity contribution in [1.82, 2.24) is 4.98 Å². The maximum absolute atomic E-state index is 11.9. The number of nitrogens with one attached hydrogen (secondary N) is 1. The number of anilines is 1. The molecule has 1 heterocycles. The maximum atomic E-state index is 11.9. The zero-order valence-electron chi connectivity index (χ0n) is 9.15. The second kappa shape index (κ2) is 4.92. The molecular formula is C9H9F3N2O3S. The lowest BCUT2D eigenvalue weighted by atomic mass is 10.3. The molecule has 1 rings (SSSR count). The van der Waals surface area contributed by atoms with E-state index in [-0.39, 0.29) is 5.69 Å². The minimum absolute atomic E-state index is 0.269. The van der Waals surface area contributed by atoms with E-state index in [1.54, 1.807) is 0 Å². The van der Waals surface area contributed by atoms with Gasteiger partial charge in [-0.2, -0.15) is 13.2 Å². The summed E-state index contributed by atoms with van der Waals surface area (Å²) < 4.78 is 58.4. The lowest BCUT2D eigenvalue weighted by Gasteiger charge is -2.09. The fourth-order valence-corrected chi connectivity index (χ4v) is 1.93. The fraction of sp³-hybridized carbons (Fsp3) is 0.333. The average Bonchev–Trinajstić information content (AvgIpc) is 2.13. The van der Waals surface area contributed by atoms with E-state index in [0.29, 0.717) is 0 Å². The molecule has 0 unspecified atom stereocenters.